The van der Waals surface area contributed by atoms with Crippen LogP contribution in [0.1, 0.15) is 19.4 Å². The van der Waals surface area contributed by atoms with Gasteiger partial charge in [-0.25, -0.2) is 4.68 Å². The third kappa shape index (κ3) is 3.65. The highest BCUT2D eigenvalue weighted by Gasteiger charge is 2.35. The smallest absolute Gasteiger partial charge is 0.0648 e. The van der Waals surface area contributed by atoms with E-state index in [9.17, 15) is 0 Å². The van der Waals surface area contributed by atoms with Crippen molar-refractivity contribution in [3.05, 3.63) is 48.3 Å². The topological polar surface area (TPSA) is 24.3 Å². The first-order valence-corrected chi connectivity index (χ1v) is 8.52. The van der Waals surface area contributed by atoms with E-state index < -0.39 is 0 Å². The van der Waals surface area contributed by atoms with Gasteiger partial charge >= 0.3 is 0 Å². The van der Waals surface area contributed by atoms with Crippen LogP contribution in [0.25, 0.3) is 5.69 Å². The fourth-order valence-corrected chi connectivity index (χ4v) is 3.70. The summed E-state index contributed by atoms with van der Waals surface area (Å²) in [5, 5.41) is 4.33. The van der Waals surface area contributed by atoms with Crippen LogP contribution in [0.15, 0.2) is 42.7 Å². The summed E-state index contributed by atoms with van der Waals surface area (Å²) in [6, 6.07) is 11.3. The van der Waals surface area contributed by atoms with E-state index in [0.29, 0.717) is 6.04 Å². The maximum atomic E-state index is 4.33. The molecule has 0 amide bonds. The number of nitrogens with zero attached hydrogens (tertiary/aromatic N) is 4. The number of rotatable bonds is 5. The molecule has 0 bridgehead atoms. The lowest BCUT2D eigenvalue weighted by Gasteiger charge is -2.27. The zero-order valence-corrected chi connectivity index (χ0v) is 14.7. The molecule has 1 aromatic carbocycles. The summed E-state index contributed by atoms with van der Waals surface area (Å²) in [5.74, 6) is 1.47. The van der Waals surface area contributed by atoms with Gasteiger partial charge in [0.2, 0.25) is 0 Å². The minimum absolute atomic E-state index is 0.657. The molecule has 0 aliphatic carbocycles. The van der Waals surface area contributed by atoms with Crippen molar-refractivity contribution in [2.75, 3.05) is 27.2 Å². The van der Waals surface area contributed by atoms with Gasteiger partial charge in [0.1, 0.15) is 0 Å². The van der Waals surface area contributed by atoms with Crippen LogP contribution in [0.4, 0.5) is 0 Å². The quantitative estimate of drug-likeness (QED) is 0.848. The van der Waals surface area contributed by atoms with Crippen molar-refractivity contribution in [3.63, 3.8) is 0 Å². The standard InChI is InChI=1S/C19H28N4/c1-15(2)18-13-22(14-19(18)21(3)4)12-16-7-5-8-17(11-16)23-10-6-9-20-23/h5-11,15,18-19H,12-14H2,1-4H3. The first-order chi connectivity index (χ1) is 11.0. The van der Waals surface area contributed by atoms with Gasteiger partial charge in [0.05, 0.1) is 5.69 Å². The molecule has 2 atom stereocenters. The third-order valence-corrected chi connectivity index (χ3v) is 5.01. The summed E-state index contributed by atoms with van der Waals surface area (Å²) in [4.78, 5) is 4.99. The third-order valence-electron chi connectivity index (χ3n) is 5.01. The lowest BCUT2D eigenvalue weighted by atomic mass is 9.91. The van der Waals surface area contributed by atoms with Gasteiger partial charge in [0, 0.05) is 38.1 Å². The number of likely N-dealkylation sites (N-methyl/N-ethyl adjacent to an activating group) is 1. The van der Waals surface area contributed by atoms with E-state index in [2.05, 4.69) is 67.1 Å². The maximum absolute atomic E-state index is 4.33. The minimum atomic E-state index is 0.657. The van der Waals surface area contributed by atoms with Gasteiger partial charge in [-0.3, -0.25) is 4.90 Å². The molecule has 1 aliphatic heterocycles. The molecule has 3 rings (SSSR count). The monoisotopic (exact) mass is 312 g/mol. The summed E-state index contributed by atoms with van der Waals surface area (Å²) in [6.45, 7) is 8.06. The van der Waals surface area contributed by atoms with Crippen LogP contribution >= 0.6 is 0 Å². The minimum Gasteiger partial charge on any atom is -0.305 e. The van der Waals surface area contributed by atoms with Gasteiger partial charge in [0.25, 0.3) is 0 Å². The van der Waals surface area contributed by atoms with Crippen LogP contribution in [-0.2, 0) is 6.54 Å². The molecule has 1 aromatic heterocycles. The fourth-order valence-electron chi connectivity index (χ4n) is 3.70. The van der Waals surface area contributed by atoms with Gasteiger partial charge in [0.15, 0.2) is 0 Å². The first-order valence-electron chi connectivity index (χ1n) is 8.52. The Morgan fingerprint density at radius 3 is 2.65 bits per heavy atom. The van der Waals surface area contributed by atoms with Gasteiger partial charge in [-0.05, 0) is 49.7 Å². The average Bonchev–Trinajstić information content (AvgIpc) is 3.17. The van der Waals surface area contributed by atoms with Crippen molar-refractivity contribution < 1.29 is 0 Å². The van der Waals surface area contributed by atoms with Crippen LogP contribution in [0.2, 0.25) is 0 Å². The molecule has 2 heterocycles. The lowest BCUT2D eigenvalue weighted by Crippen LogP contribution is -2.37. The molecule has 4 heteroatoms. The molecule has 1 saturated heterocycles. The summed E-state index contributed by atoms with van der Waals surface area (Å²) in [6.07, 6.45) is 3.81. The Labute approximate surface area is 139 Å². The van der Waals surface area contributed by atoms with Crippen molar-refractivity contribution >= 4 is 0 Å². The predicted octanol–water partition coefficient (Wildman–Crippen LogP) is 2.89. The lowest BCUT2D eigenvalue weighted by molar-refractivity contribution is 0.215. The van der Waals surface area contributed by atoms with Gasteiger partial charge in [-0.15, -0.1) is 0 Å². The summed E-state index contributed by atoms with van der Waals surface area (Å²) in [7, 11) is 4.42. The molecule has 124 valence electrons. The highest BCUT2D eigenvalue weighted by atomic mass is 15.3. The average molecular weight is 312 g/mol. The number of aromatic nitrogens is 2. The number of likely N-dealkylation sites (tertiary alicyclic amines) is 1. The van der Waals surface area contributed by atoms with E-state index in [1.165, 1.54) is 12.1 Å². The molecule has 23 heavy (non-hydrogen) atoms. The Morgan fingerprint density at radius 1 is 1.22 bits per heavy atom. The van der Waals surface area contributed by atoms with E-state index in [0.717, 1.165) is 30.6 Å². The maximum Gasteiger partial charge on any atom is 0.0648 e. The van der Waals surface area contributed by atoms with Crippen molar-refractivity contribution in [1.82, 2.24) is 19.6 Å². The van der Waals surface area contributed by atoms with Crippen molar-refractivity contribution in [2.24, 2.45) is 11.8 Å². The van der Waals surface area contributed by atoms with Crippen molar-refractivity contribution in [1.29, 1.82) is 0 Å². The second kappa shape index (κ2) is 6.85. The van der Waals surface area contributed by atoms with Crippen molar-refractivity contribution in [2.45, 2.75) is 26.4 Å². The van der Waals surface area contributed by atoms with Crippen LogP contribution in [0, 0.1) is 11.8 Å². The largest absolute Gasteiger partial charge is 0.305 e. The van der Waals surface area contributed by atoms with Gasteiger partial charge < -0.3 is 4.90 Å². The normalized spacial score (nSPS) is 22.3. The second-order valence-electron chi connectivity index (χ2n) is 7.25. The molecule has 4 nitrogen and oxygen atoms in total. The zero-order chi connectivity index (χ0) is 16.4. The van der Waals surface area contributed by atoms with E-state index in [4.69, 9.17) is 0 Å². The molecule has 1 fully saturated rings. The predicted molar refractivity (Wildman–Crippen MR) is 94.6 cm³/mol. The molecule has 2 aromatic rings. The molecule has 0 spiro atoms. The van der Waals surface area contributed by atoms with E-state index >= 15 is 0 Å². The molecule has 2 unspecified atom stereocenters. The Morgan fingerprint density at radius 2 is 2.04 bits per heavy atom. The van der Waals surface area contributed by atoms with Crippen LogP contribution < -0.4 is 0 Å². The van der Waals surface area contributed by atoms with Crippen LogP contribution in [-0.4, -0.2) is 52.8 Å². The van der Waals surface area contributed by atoms with Crippen LogP contribution in [0.3, 0.4) is 0 Å². The fraction of sp³-hybridized carbons (Fsp3) is 0.526. The number of hydrogen-bond donors (Lipinski definition) is 0. The molecular weight excluding hydrogens is 284 g/mol. The van der Waals surface area contributed by atoms with Gasteiger partial charge in [-0.1, -0.05) is 26.0 Å². The van der Waals surface area contributed by atoms with Gasteiger partial charge in [-0.2, -0.15) is 5.10 Å². The highest BCUT2D eigenvalue weighted by molar-refractivity contribution is 5.35. The Hall–Kier alpha value is -1.65. The molecule has 0 saturated carbocycles. The summed E-state index contributed by atoms with van der Waals surface area (Å²) < 4.78 is 1.92. The molecule has 0 N–H and O–H groups in total. The molecular formula is C19H28N4. The van der Waals surface area contributed by atoms with E-state index in [1.807, 2.05) is 23.1 Å². The second-order valence-corrected chi connectivity index (χ2v) is 7.25. The van der Waals surface area contributed by atoms with E-state index in [1.54, 1.807) is 0 Å². The van der Waals surface area contributed by atoms with Crippen LogP contribution in [0.5, 0.6) is 0 Å². The molecule has 1 aliphatic rings. The highest BCUT2D eigenvalue weighted by Crippen LogP contribution is 2.28. The SMILES string of the molecule is CC(C)C1CN(Cc2cccc(-n3cccn3)c2)CC1N(C)C. The summed E-state index contributed by atoms with van der Waals surface area (Å²) >= 11 is 0. The Bertz CT molecular complexity index is 602. The zero-order valence-electron chi connectivity index (χ0n) is 14.7. The van der Waals surface area contributed by atoms with E-state index in [-0.39, 0.29) is 0 Å². The number of benzene rings is 1. The molecule has 0 radical (unpaired) electrons. The summed E-state index contributed by atoms with van der Waals surface area (Å²) in [5.41, 5.74) is 2.50. The Balaban J connectivity index is 1.72. The number of hydrogen-bond acceptors (Lipinski definition) is 3. The first kappa shape index (κ1) is 16.2. The van der Waals surface area contributed by atoms with Crippen molar-refractivity contribution in [3.8, 4) is 5.69 Å². The Kier molecular flexibility index (Phi) is 4.83.